The number of benzene rings is 2. The van der Waals surface area contributed by atoms with Crippen LogP contribution in [0.5, 0.6) is 0 Å². The number of carbonyl (C=O) groups excluding carboxylic acids is 2. The molecule has 1 fully saturated rings. The molecule has 2 aromatic carbocycles. The molecule has 3 rings (SSSR count). The van der Waals surface area contributed by atoms with Crippen molar-refractivity contribution in [2.24, 2.45) is 0 Å². The minimum Gasteiger partial charge on any atom is -0.299 e. The van der Waals surface area contributed by atoms with Gasteiger partial charge in [-0.3, -0.25) is 9.59 Å². The van der Waals surface area contributed by atoms with Gasteiger partial charge in [0.15, 0.2) is 0 Å². The monoisotopic (exact) mass is 360 g/mol. The van der Waals surface area contributed by atoms with Gasteiger partial charge in [0.2, 0.25) is 0 Å². The summed E-state index contributed by atoms with van der Waals surface area (Å²) in [5.74, 6) is -0.545. The summed E-state index contributed by atoms with van der Waals surface area (Å²) in [5, 5.41) is 0.989. The van der Waals surface area contributed by atoms with Gasteiger partial charge < -0.3 is 0 Å². The largest absolute Gasteiger partial charge is 0.299 e. The highest BCUT2D eigenvalue weighted by Gasteiger charge is 2.32. The van der Waals surface area contributed by atoms with Crippen LogP contribution in [-0.4, -0.2) is 11.6 Å². The van der Waals surface area contributed by atoms with E-state index < -0.39 is 5.92 Å². The van der Waals surface area contributed by atoms with Crippen LogP contribution in [0.1, 0.15) is 43.2 Å². The van der Waals surface area contributed by atoms with Crippen LogP contribution in [0.4, 0.5) is 0 Å². The minimum absolute atomic E-state index is 0.0345. The van der Waals surface area contributed by atoms with Crippen LogP contribution in [0, 0.1) is 0 Å². The van der Waals surface area contributed by atoms with Gasteiger partial charge in [0, 0.05) is 12.8 Å². The van der Waals surface area contributed by atoms with Crippen molar-refractivity contribution in [3.63, 3.8) is 0 Å². The Bertz CT molecular complexity index is 795. The summed E-state index contributed by atoms with van der Waals surface area (Å²) in [5.41, 5.74) is 3.75. The predicted molar refractivity (Wildman–Crippen MR) is 97.9 cm³/mol. The highest BCUT2D eigenvalue weighted by molar-refractivity contribution is 6.42. The van der Waals surface area contributed by atoms with Gasteiger partial charge >= 0.3 is 0 Å². The molecule has 0 spiro atoms. The highest BCUT2D eigenvalue weighted by Crippen LogP contribution is 2.34. The molecule has 0 unspecified atom stereocenters. The van der Waals surface area contributed by atoms with Crippen molar-refractivity contribution < 1.29 is 9.59 Å². The summed E-state index contributed by atoms with van der Waals surface area (Å²) in [6.07, 6.45) is 2.42. The Morgan fingerprint density at radius 1 is 0.917 bits per heavy atom. The van der Waals surface area contributed by atoms with Crippen LogP contribution < -0.4 is 0 Å². The zero-order chi connectivity index (χ0) is 17.3. The van der Waals surface area contributed by atoms with Crippen molar-refractivity contribution in [1.29, 1.82) is 0 Å². The number of hydrogen-bond acceptors (Lipinski definition) is 2. The van der Waals surface area contributed by atoms with Gasteiger partial charge in [-0.05, 0) is 53.3 Å². The fraction of sp³-hybridized carbons (Fsp3) is 0.300. The summed E-state index contributed by atoms with van der Waals surface area (Å²) in [7, 11) is 0. The van der Waals surface area contributed by atoms with E-state index in [1.54, 1.807) is 12.1 Å². The molecule has 2 nitrogen and oxygen atoms in total. The molecule has 0 N–H and O–H groups in total. The Morgan fingerprint density at radius 3 is 2.17 bits per heavy atom. The van der Waals surface area contributed by atoms with Gasteiger partial charge in [-0.25, -0.2) is 0 Å². The summed E-state index contributed by atoms with van der Waals surface area (Å²) in [6.45, 7) is 2.04. The van der Waals surface area contributed by atoms with Gasteiger partial charge in [0.1, 0.15) is 17.5 Å². The number of hydrogen-bond donors (Lipinski definition) is 0. The SMILES string of the molecule is CCc1ccc(-c2ccc(Cl)c(Cl)c2)cc1C1C(=O)CCCC1=O. The summed E-state index contributed by atoms with van der Waals surface area (Å²) in [6, 6.07) is 11.4. The molecule has 2 aromatic rings. The van der Waals surface area contributed by atoms with E-state index in [2.05, 4.69) is 0 Å². The zero-order valence-electron chi connectivity index (χ0n) is 13.4. The Hall–Kier alpha value is -1.64. The van der Waals surface area contributed by atoms with Crippen molar-refractivity contribution in [2.75, 3.05) is 0 Å². The minimum atomic E-state index is -0.614. The zero-order valence-corrected chi connectivity index (χ0v) is 15.0. The maximum absolute atomic E-state index is 12.4. The molecule has 0 aromatic heterocycles. The van der Waals surface area contributed by atoms with E-state index in [4.69, 9.17) is 23.2 Å². The lowest BCUT2D eigenvalue weighted by atomic mass is 9.79. The van der Waals surface area contributed by atoms with Gasteiger partial charge in [-0.1, -0.05) is 48.3 Å². The maximum Gasteiger partial charge on any atom is 0.147 e. The van der Waals surface area contributed by atoms with E-state index in [0.717, 1.165) is 28.7 Å². The number of halogens is 2. The van der Waals surface area contributed by atoms with Crippen molar-refractivity contribution in [3.8, 4) is 11.1 Å². The molecular formula is C20H18Cl2O2. The quantitative estimate of drug-likeness (QED) is 0.664. The molecule has 0 bridgehead atoms. The summed E-state index contributed by atoms with van der Waals surface area (Å²) >= 11 is 12.1. The van der Waals surface area contributed by atoms with E-state index >= 15 is 0 Å². The molecule has 124 valence electrons. The first kappa shape index (κ1) is 17.2. The Kier molecular flexibility index (Phi) is 5.07. The molecule has 0 saturated heterocycles. The average molecular weight is 361 g/mol. The average Bonchev–Trinajstić information content (AvgIpc) is 2.57. The second-order valence-corrected chi connectivity index (χ2v) is 6.93. The normalized spacial score (nSPS) is 15.8. The Morgan fingerprint density at radius 2 is 1.54 bits per heavy atom. The molecule has 0 atom stereocenters. The topological polar surface area (TPSA) is 34.1 Å². The van der Waals surface area contributed by atoms with Crippen molar-refractivity contribution in [3.05, 3.63) is 57.6 Å². The van der Waals surface area contributed by atoms with E-state index in [1.807, 2.05) is 31.2 Å². The van der Waals surface area contributed by atoms with E-state index in [-0.39, 0.29) is 11.6 Å². The number of rotatable bonds is 3. The lowest BCUT2D eigenvalue weighted by molar-refractivity contribution is -0.131. The highest BCUT2D eigenvalue weighted by atomic mass is 35.5. The van der Waals surface area contributed by atoms with E-state index in [0.29, 0.717) is 29.3 Å². The van der Waals surface area contributed by atoms with Crippen molar-refractivity contribution in [1.82, 2.24) is 0 Å². The second kappa shape index (κ2) is 7.08. The van der Waals surface area contributed by atoms with Gasteiger partial charge in [-0.15, -0.1) is 0 Å². The van der Waals surface area contributed by atoms with Crippen molar-refractivity contribution >= 4 is 34.8 Å². The molecule has 0 aliphatic heterocycles. The van der Waals surface area contributed by atoms with Crippen LogP contribution in [0.25, 0.3) is 11.1 Å². The fourth-order valence-electron chi connectivity index (χ4n) is 3.29. The fourth-order valence-corrected chi connectivity index (χ4v) is 3.59. The first-order chi connectivity index (χ1) is 11.5. The first-order valence-corrected chi connectivity index (χ1v) is 8.90. The molecule has 0 heterocycles. The predicted octanol–water partition coefficient (Wildman–Crippen LogP) is 5.63. The van der Waals surface area contributed by atoms with Crippen LogP contribution in [0.2, 0.25) is 10.0 Å². The van der Waals surface area contributed by atoms with Crippen LogP contribution in [0.15, 0.2) is 36.4 Å². The molecule has 1 aliphatic carbocycles. The molecule has 1 aliphatic rings. The van der Waals surface area contributed by atoms with E-state index in [9.17, 15) is 9.59 Å². The number of aryl methyl sites for hydroxylation is 1. The third kappa shape index (κ3) is 3.26. The van der Waals surface area contributed by atoms with Crippen LogP contribution in [0.3, 0.4) is 0 Å². The lowest BCUT2D eigenvalue weighted by Gasteiger charge is -2.23. The number of ketones is 2. The molecule has 0 amide bonds. The Balaban J connectivity index is 2.09. The third-order valence-electron chi connectivity index (χ3n) is 4.58. The number of carbonyl (C=O) groups is 2. The van der Waals surface area contributed by atoms with Crippen molar-refractivity contribution in [2.45, 2.75) is 38.5 Å². The van der Waals surface area contributed by atoms with Gasteiger partial charge in [0.05, 0.1) is 10.0 Å². The van der Waals surface area contributed by atoms with Gasteiger partial charge in [-0.2, -0.15) is 0 Å². The molecule has 24 heavy (non-hydrogen) atoms. The first-order valence-electron chi connectivity index (χ1n) is 8.15. The number of Topliss-reactive ketones (excluding diaryl/α,β-unsaturated/α-hetero) is 2. The third-order valence-corrected chi connectivity index (χ3v) is 5.32. The smallest absolute Gasteiger partial charge is 0.147 e. The second-order valence-electron chi connectivity index (χ2n) is 6.12. The Labute approximate surface area is 151 Å². The van der Waals surface area contributed by atoms with Crippen LogP contribution in [-0.2, 0) is 16.0 Å². The summed E-state index contributed by atoms with van der Waals surface area (Å²) < 4.78 is 0. The van der Waals surface area contributed by atoms with E-state index in [1.165, 1.54) is 0 Å². The molecular weight excluding hydrogens is 343 g/mol. The van der Waals surface area contributed by atoms with Crippen LogP contribution >= 0.6 is 23.2 Å². The molecule has 1 saturated carbocycles. The standard InChI is InChI=1S/C20H18Cl2O2/c1-2-12-6-7-13(14-8-9-16(21)17(22)11-14)10-15(12)20-18(23)4-3-5-19(20)24/h6-11,20H,2-5H2,1H3. The lowest BCUT2D eigenvalue weighted by Crippen LogP contribution is -2.27. The summed E-state index contributed by atoms with van der Waals surface area (Å²) in [4.78, 5) is 24.7. The molecule has 4 heteroatoms. The van der Waals surface area contributed by atoms with Gasteiger partial charge in [0.25, 0.3) is 0 Å². The maximum atomic E-state index is 12.4. The molecule has 0 radical (unpaired) electrons.